The number of amides is 1. The van der Waals surface area contributed by atoms with E-state index in [2.05, 4.69) is 0 Å². The van der Waals surface area contributed by atoms with E-state index in [1.165, 1.54) is 0 Å². The van der Waals surface area contributed by atoms with Crippen LogP contribution in [0.2, 0.25) is 0 Å². The van der Waals surface area contributed by atoms with Gasteiger partial charge in [-0.1, -0.05) is 78.9 Å². The van der Waals surface area contributed by atoms with Crippen LogP contribution in [0.5, 0.6) is 0 Å². The molecule has 3 heteroatoms. The number of carbonyl (C=O) groups excluding carboxylic acids is 1. The Kier molecular flexibility index (Phi) is 4.08. The van der Waals surface area contributed by atoms with Crippen LogP contribution in [0.1, 0.15) is 39.2 Å². The fourth-order valence-corrected chi connectivity index (χ4v) is 3.53. The van der Waals surface area contributed by atoms with Crippen LogP contribution < -0.4 is 0 Å². The fraction of sp³-hybridized carbons (Fsp3) is 0.136. The Hall–Kier alpha value is -2.91. The minimum Gasteiger partial charge on any atom is -0.386 e. The van der Waals surface area contributed by atoms with E-state index in [0.29, 0.717) is 17.7 Å². The predicted octanol–water partition coefficient (Wildman–Crippen LogP) is 4.12. The zero-order valence-corrected chi connectivity index (χ0v) is 13.7. The smallest absolute Gasteiger partial charge is 0.255 e. The number of fused-ring (bicyclic) bond motifs is 1. The van der Waals surface area contributed by atoms with Gasteiger partial charge in [0.25, 0.3) is 5.91 Å². The summed E-state index contributed by atoms with van der Waals surface area (Å²) in [4.78, 5) is 14.9. The van der Waals surface area contributed by atoms with Gasteiger partial charge in [0.05, 0.1) is 6.04 Å². The highest BCUT2D eigenvalue weighted by Crippen LogP contribution is 2.41. The molecule has 0 fully saturated rings. The van der Waals surface area contributed by atoms with Crippen LogP contribution in [-0.2, 0) is 6.54 Å². The molecule has 1 N–H and O–H groups in total. The van der Waals surface area contributed by atoms with E-state index in [0.717, 1.165) is 11.1 Å². The summed E-state index contributed by atoms with van der Waals surface area (Å²) in [7, 11) is 0. The van der Waals surface area contributed by atoms with E-state index in [1.54, 1.807) is 11.0 Å². The van der Waals surface area contributed by atoms with Crippen molar-refractivity contribution in [2.75, 3.05) is 0 Å². The number of aliphatic hydroxyl groups is 1. The van der Waals surface area contributed by atoms with Gasteiger partial charge < -0.3 is 10.0 Å². The van der Waals surface area contributed by atoms with Crippen molar-refractivity contribution in [3.63, 3.8) is 0 Å². The second kappa shape index (κ2) is 6.54. The molecule has 0 spiro atoms. The molecule has 2 unspecified atom stereocenters. The Balaban J connectivity index is 1.81. The van der Waals surface area contributed by atoms with Gasteiger partial charge in [0.2, 0.25) is 0 Å². The second-order valence-corrected chi connectivity index (χ2v) is 6.31. The number of benzene rings is 3. The molecule has 3 nitrogen and oxygen atoms in total. The molecule has 4 rings (SSSR count). The molecule has 0 aliphatic carbocycles. The van der Waals surface area contributed by atoms with Crippen LogP contribution in [0.3, 0.4) is 0 Å². The van der Waals surface area contributed by atoms with Gasteiger partial charge in [-0.25, -0.2) is 0 Å². The van der Waals surface area contributed by atoms with E-state index in [1.807, 2.05) is 78.9 Å². The second-order valence-electron chi connectivity index (χ2n) is 6.31. The molecule has 1 aliphatic heterocycles. The first-order chi connectivity index (χ1) is 12.3. The van der Waals surface area contributed by atoms with Gasteiger partial charge >= 0.3 is 0 Å². The third-order valence-corrected chi connectivity index (χ3v) is 4.74. The average Bonchev–Trinajstić information content (AvgIpc) is 2.68. The van der Waals surface area contributed by atoms with E-state index in [9.17, 15) is 9.90 Å². The topological polar surface area (TPSA) is 40.5 Å². The number of aliphatic hydroxyl groups excluding tert-OH is 1. The van der Waals surface area contributed by atoms with Crippen LogP contribution >= 0.6 is 0 Å². The molecular weight excluding hydrogens is 310 g/mol. The van der Waals surface area contributed by atoms with Gasteiger partial charge in [-0.3, -0.25) is 4.79 Å². The van der Waals surface area contributed by atoms with Crippen molar-refractivity contribution in [3.05, 3.63) is 107 Å². The lowest BCUT2D eigenvalue weighted by molar-refractivity contribution is 0.0221. The minimum atomic E-state index is -0.750. The van der Waals surface area contributed by atoms with E-state index < -0.39 is 12.1 Å². The van der Waals surface area contributed by atoms with Gasteiger partial charge in [-0.2, -0.15) is 0 Å². The third kappa shape index (κ3) is 2.83. The Bertz CT molecular complexity index is 877. The number of carbonyl (C=O) groups is 1. The largest absolute Gasteiger partial charge is 0.386 e. The van der Waals surface area contributed by atoms with Crippen LogP contribution in [0.4, 0.5) is 0 Å². The van der Waals surface area contributed by atoms with Crippen molar-refractivity contribution >= 4 is 5.91 Å². The summed E-state index contributed by atoms with van der Waals surface area (Å²) in [5, 5.41) is 11.0. The highest BCUT2D eigenvalue weighted by atomic mass is 16.3. The molecule has 2 atom stereocenters. The number of rotatable bonds is 3. The van der Waals surface area contributed by atoms with E-state index >= 15 is 0 Å². The van der Waals surface area contributed by atoms with Crippen molar-refractivity contribution in [2.45, 2.75) is 18.7 Å². The van der Waals surface area contributed by atoms with Gasteiger partial charge in [0, 0.05) is 12.1 Å². The van der Waals surface area contributed by atoms with Crippen molar-refractivity contribution in [1.29, 1.82) is 0 Å². The molecule has 0 saturated heterocycles. The van der Waals surface area contributed by atoms with Gasteiger partial charge in [-0.15, -0.1) is 0 Å². The molecule has 3 aromatic carbocycles. The van der Waals surface area contributed by atoms with Crippen LogP contribution in [0.25, 0.3) is 0 Å². The molecule has 25 heavy (non-hydrogen) atoms. The molecular formula is C22H19NO2. The lowest BCUT2D eigenvalue weighted by atomic mass is 9.86. The zero-order chi connectivity index (χ0) is 17.2. The summed E-state index contributed by atoms with van der Waals surface area (Å²) in [6, 6.07) is 26.6. The first-order valence-corrected chi connectivity index (χ1v) is 8.42. The minimum absolute atomic E-state index is 0.0430. The molecule has 0 aromatic heterocycles. The van der Waals surface area contributed by atoms with Crippen molar-refractivity contribution < 1.29 is 9.90 Å². The Morgan fingerprint density at radius 2 is 1.40 bits per heavy atom. The lowest BCUT2D eigenvalue weighted by Crippen LogP contribution is -2.42. The van der Waals surface area contributed by atoms with Crippen LogP contribution in [0.15, 0.2) is 84.9 Å². The SMILES string of the molecule is O=C1c2ccccc2C(O)C(c2ccccc2)N1Cc1ccccc1. The fourth-order valence-electron chi connectivity index (χ4n) is 3.53. The molecule has 0 bridgehead atoms. The Morgan fingerprint density at radius 3 is 2.12 bits per heavy atom. The molecule has 0 radical (unpaired) electrons. The maximum absolute atomic E-state index is 13.2. The summed E-state index contributed by atoms with van der Waals surface area (Å²) in [6.45, 7) is 0.463. The van der Waals surface area contributed by atoms with Gasteiger partial charge in [0.1, 0.15) is 6.10 Å². The van der Waals surface area contributed by atoms with Gasteiger partial charge in [0.15, 0.2) is 0 Å². The number of hydrogen-bond acceptors (Lipinski definition) is 2. The number of hydrogen-bond donors (Lipinski definition) is 1. The van der Waals surface area contributed by atoms with E-state index in [4.69, 9.17) is 0 Å². The van der Waals surface area contributed by atoms with Crippen LogP contribution in [0, 0.1) is 0 Å². The molecule has 1 heterocycles. The van der Waals surface area contributed by atoms with E-state index in [-0.39, 0.29) is 5.91 Å². The summed E-state index contributed by atoms with van der Waals surface area (Å²) in [6.07, 6.45) is -0.750. The Labute approximate surface area is 147 Å². The predicted molar refractivity (Wildman–Crippen MR) is 96.9 cm³/mol. The third-order valence-electron chi connectivity index (χ3n) is 4.74. The Morgan fingerprint density at radius 1 is 0.800 bits per heavy atom. The first kappa shape index (κ1) is 15.6. The zero-order valence-electron chi connectivity index (χ0n) is 13.7. The standard InChI is InChI=1S/C22H19NO2/c24-21-18-13-7-8-14-19(18)22(25)23(15-16-9-3-1-4-10-16)20(21)17-11-5-2-6-12-17/h1-14,20-21,24H,15H2. The summed E-state index contributed by atoms with van der Waals surface area (Å²) >= 11 is 0. The monoisotopic (exact) mass is 329 g/mol. The van der Waals surface area contributed by atoms with Crippen molar-refractivity contribution in [3.8, 4) is 0 Å². The summed E-state index contributed by atoms with van der Waals surface area (Å²) < 4.78 is 0. The normalized spacial score (nSPS) is 19.6. The van der Waals surface area contributed by atoms with Crippen molar-refractivity contribution in [2.24, 2.45) is 0 Å². The summed E-state index contributed by atoms with van der Waals surface area (Å²) in [5.41, 5.74) is 3.26. The first-order valence-electron chi connectivity index (χ1n) is 8.42. The maximum atomic E-state index is 13.2. The quantitative estimate of drug-likeness (QED) is 0.785. The molecule has 124 valence electrons. The summed E-state index contributed by atoms with van der Waals surface area (Å²) in [5.74, 6) is -0.0430. The lowest BCUT2D eigenvalue weighted by Gasteiger charge is -2.40. The maximum Gasteiger partial charge on any atom is 0.255 e. The molecule has 3 aromatic rings. The van der Waals surface area contributed by atoms with Crippen LogP contribution in [-0.4, -0.2) is 15.9 Å². The molecule has 1 amide bonds. The number of nitrogens with zero attached hydrogens (tertiary/aromatic N) is 1. The van der Waals surface area contributed by atoms with Crippen molar-refractivity contribution in [1.82, 2.24) is 4.90 Å². The average molecular weight is 329 g/mol. The highest BCUT2D eigenvalue weighted by Gasteiger charge is 2.39. The highest BCUT2D eigenvalue weighted by molar-refractivity contribution is 5.97. The molecule has 0 saturated carbocycles. The van der Waals surface area contributed by atoms with Gasteiger partial charge in [-0.05, 0) is 22.8 Å². The molecule has 1 aliphatic rings.